The first kappa shape index (κ1) is 15.5. The van der Waals surface area contributed by atoms with Crippen molar-refractivity contribution in [2.75, 3.05) is 13.1 Å². The SMILES string of the molecule is CC(CN1CCC[C@H](C(=O)O)[C@@H]1C)c1cccc(Br)c1. The van der Waals surface area contributed by atoms with E-state index >= 15 is 0 Å². The van der Waals surface area contributed by atoms with E-state index in [0.717, 1.165) is 30.4 Å². The second-order valence-corrected chi connectivity index (χ2v) is 6.69. The second kappa shape index (κ2) is 6.72. The summed E-state index contributed by atoms with van der Waals surface area (Å²) in [5.41, 5.74) is 1.30. The number of hydrogen-bond donors (Lipinski definition) is 1. The lowest BCUT2D eigenvalue weighted by Gasteiger charge is -2.38. The Bertz CT molecular complexity index is 477. The Morgan fingerprint density at radius 1 is 1.55 bits per heavy atom. The van der Waals surface area contributed by atoms with Crippen LogP contribution in [-0.2, 0) is 4.79 Å². The van der Waals surface area contributed by atoms with E-state index in [1.54, 1.807) is 0 Å². The van der Waals surface area contributed by atoms with Crippen molar-refractivity contribution in [3.8, 4) is 0 Å². The van der Waals surface area contributed by atoms with E-state index in [1.165, 1.54) is 5.56 Å². The van der Waals surface area contributed by atoms with Gasteiger partial charge in [0.15, 0.2) is 0 Å². The Labute approximate surface area is 129 Å². The summed E-state index contributed by atoms with van der Waals surface area (Å²) in [4.78, 5) is 13.6. The number of halogens is 1. The number of hydrogen-bond acceptors (Lipinski definition) is 2. The molecule has 1 aliphatic heterocycles. The highest BCUT2D eigenvalue weighted by molar-refractivity contribution is 9.10. The molecule has 0 saturated carbocycles. The predicted octanol–water partition coefficient (Wildman–Crippen LogP) is 3.74. The van der Waals surface area contributed by atoms with Crippen molar-refractivity contribution in [2.45, 2.75) is 38.6 Å². The minimum atomic E-state index is -0.655. The van der Waals surface area contributed by atoms with Crippen LogP contribution in [0.4, 0.5) is 0 Å². The maximum atomic E-state index is 11.3. The molecule has 1 aromatic rings. The first-order valence-electron chi connectivity index (χ1n) is 7.21. The molecule has 0 bridgehead atoms. The lowest BCUT2D eigenvalue weighted by molar-refractivity contribution is -0.145. The maximum absolute atomic E-state index is 11.3. The smallest absolute Gasteiger partial charge is 0.308 e. The largest absolute Gasteiger partial charge is 0.481 e. The van der Waals surface area contributed by atoms with Crippen molar-refractivity contribution in [3.05, 3.63) is 34.3 Å². The molecule has 0 amide bonds. The van der Waals surface area contributed by atoms with Crippen LogP contribution in [0.5, 0.6) is 0 Å². The van der Waals surface area contributed by atoms with Crippen molar-refractivity contribution in [3.63, 3.8) is 0 Å². The Kier molecular flexibility index (Phi) is 5.22. The minimum absolute atomic E-state index is 0.121. The Morgan fingerprint density at radius 3 is 2.95 bits per heavy atom. The normalized spacial score (nSPS) is 25.4. The maximum Gasteiger partial charge on any atom is 0.308 e. The summed E-state index contributed by atoms with van der Waals surface area (Å²) in [5.74, 6) is -0.474. The van der Waals surface area contributed by atoms with Gasteiger partial charge in [0.05, 0.1) is 5.92 Å². The van der Waals surface area contributed by atoms with Gasteiger partial charge in [0, 0.05) is 17.1 Å². The van der Waals surface area contributed by atoms with Gasteiger partial charge in [-0.2, -0.15) is 0 Å². The van der Waals surface area contributed by atoms with Crippen LogP contribution >= 0.6 is 15.9 Å². The summed E-state index contributed by atoms with van der Waals surface area (Å²) in [6, 6.07) is 8.48. The molecular formula is C16H22BrNO2. The number of rotatable bonds is 4. The quantitative estimate of drug-likeness (QED) is 0.908. The fourth-order valence-electron chi connectivity index (χ4n) is 3.07. The van der Waals surface area contributed by atoms with Crippen LogP contribution in [0, 0.1) is 5.92 Å². The number of nitrogens with zero attached hydrogens (tertiary/aromatic N) is 1. The molecule has 4 heteroatoms. The van der Waals surface area contributed by atoms with Gasteiger partial charge in [-0.1, -0.05) is 35.0 Å². The molecule has 0 spiro atoms. The van der Waals surface area contributed by atoms with E-state index in [0.29, 0.717) is 5.92 Å². The number of carbonyl (C=O) groups is 1. The first-order valence-corrected chi connectivity index (χ1v) is 8.00. The van der Waals surface area contributed by atoms with Gasteiger partial charge in [0.2, 0.25) is 0 Å². The van der Waals surface area contributed by atoms with Crippen LogP contribution in [-0.4, -0.2) is 35.1 Å². The van der Waals surface area contributed by atoms with Gasteiger partial charge in [0.1, 0.15) is 0 Å². The van der Waals surface area contributed by atoms with Crippen LogP contribution in [0.2, 0.25) is 0 Å². The number of likely N-dealkylation sites (tertiary alicyclic amines) is 1. The number of carboxylic acid groups (broad SMARTS) is 1. The molecule has 1 aromatic carbocycles. The topological polar surface area (TPSA) is 40.5 Å². The van der Waals surface area contributed by atoms with Crippen molar-refractivity contribution < 1.29 is 9.90 Å². The highest BCUT2D eigenvalue weighted by atomic mass is 79.9. The third-order valence-corrected chi connectivity index (χ3v) is 4.86. The fraction of sp³-hybridized carbons (Fsp3) is 0.562. The number of carboxylic acids is 1. The summed E-state index contributed by atoms with van der Waals surface area (Å²) in [6.07, 6.45) is 1.78. The molecule has 0 aromatic heterocycles. The lowest BCUT2D eigenvalue weighted by Crippen LogP contribution is -2.47. The van der Waals surface area contributed by atoms with Crippen LogP contribution in [0.25, 0.3) is 0 Å². The Hall–Kier alpha value is -0.870. The third-order valence-electron chi connectivity index (χ3n) is 4.36. The molecule has 3 nitrogen and oxygen atoms in total. The average molecular weight is 340 g/mol. The summed E-state index contributed by atoms with van der Waals surface area (Å²) in [6.45, 7) is 6.18. The van der Waals surface area contributed by atoms with Crippen LogP contribution in [0.1, 0.15) is 38.2 Å². The molecule has 1 fully saturated rings. The van der Waals surface area contributed by atoms with Crippen molar-refractivity contribution in [1.29, 1.82) is 0 Å². The predicted molar refractivity (Wildman–Crippen MR) is 84.0 cm³/mol. The van der Waals surface area contributed by atoms with Crippen molar-refractivity contribution in [1.82, 2.24) is 4.90 Å². The summed E-state index contributed by atoms with van der Waals surface area (Å²) in [5, 5.41) is 9.28. The molecule has 3 atom stereocenters. The number of piperidine rings is 1. The van der Waals surface area contributed by atoms with Gasteiger partial charge >= 0.3 is 5.97 Å². The number of benzene rings is 1. The van der Waals surface area contributed by atoms with Crippen LogP contribution in [0.3, 0.4) is 0 Å². The number of aliphatic carboxylic acids is 1. The molecule has 1 N–H and O–H groups in total. The van der Waals surface area contributed by atoms with E-state index in [4.69, 9.17) is 0 Å². The molecule has 2 rings (SSSR count). The van der Waals surface area contributed by atoms with Gasteiger partial charge < -0.3 is 5.11 Å². The molecule has 1 heterocycles. The molecule has 1 saturated heterocycles. The molecular weight excluding hydrogens is 318 g/mol. The zero-order valence-electron chi connectivity index (χ0n) is 12.1. The van der Waals surface area contributed by atoms with Gasteiger partial charge in [-0.3, -0.25) is 9.69 Å². The highest BCUT2D eigenvalue weighted by Gasteiger charge is 2.33. The lowest BCUT2D eigenvalue weighted by atomic mass is 9.89. The van der Waals surface area contributed by atoms with E-state index in [1.807, 2.05) is 13.0 Å². The zero-order valence-corrected chi connectivity index (χ0v) is 13.6. The van der Waals surface area contributed by atoms with Crippen LogP contribution in [0.15, 0.2) is 28.7 Å². The van der Waals surface area contributed by atoms with Crippen LogP contribution < -0.4 is 0 Å². The Morgan fingerprint density at radius 2 is 2.30 bits per heavy atom. The molecule has 0 aliphatic carbocycles. The van der Waals surface area contributed by atoms with Crippen molar-refractivity contribution in [2.24, 2.45) is 5.92 Å². The third kappa shape index (κ3) is 3.61. The average Bonchev–Trinajstić information content (AvgIpc) is 2.40. The van der Waals surface area contributed by atoms with Crippen molar-refractivity contribution >= 4 is 21.9 Å². The standard InChI is InChI=1S/C16H22BrNO2/c1-11(13-5-3-6-14(17)9-13)10-18-8-4-7-15(12(18)2)16(19)20/h3,5-6,9,11-12,15H,4,7-8,10H2,1-2H3,(H,19,20)/t11?,12-,15-/m0/s1. The van der Waals surface area contributed by atoms with Gasteiger partial charge in [-0.05, 0) is 49.9 Å². The van der Waals surface area contributed by atoms with Gasteiger partial charge in [-0.25, -0.2) is 0 Å². The summed E-state index contributed by atoms with van der Waals surface area (Å²) >= 11 is 3.50. The second-order valence-electron chi connectivity index (χ2n) is 5.78. The Balaban J connectivity index is 2.03. The molecule has 20 heavy (non-hydrogen) atoms. The van der Waals surface area contributed by atoms with Gasteiger partial charge in [-0.15, -0.1) is 0 Å². The van der Waals surface area contributed by atoms with E-state index < -0.39 is 5.97 Å². The molecule has 1 unspecified atom stereocenters. The first-order chi connectivity index (χ1) is 9.49. The minimum Gasteiger partial charge on any atom is -0.481 e. The van der Waals surface area contributed by atoms with E-state index in [-0.39, 0.29) is 12.0 Å². The summed E-state index contributed by atoms with van der Waals surface area (Å²) in [7, 11) is 0. The molecule has 110 valence electrons. The monoisotopic (exact) mass is 339 g/mol. The molecule has 1 aliphatic rings. The zero-order chi connectivity index (χ0) is 14.7. The van der Waals surface area contributed by atoms with E-state index in [9.17, 15) is 9.90 Å². The fourth-order valence-corrected chi connectivity index (χ4v) is 3.49. The molecule has 0 radical (unpaired) electrons. The van der Waals surface area contributed by atoms with E-state index in [2.05, 4.69) is 46.0 Å². The highest BCUT2D eigenvalue weighted by Crippen LogP contribution is 2.27. The van der Waals surface area contributed by atoms with Gasteiger partial charge in [0.25, 0.3) is 0 Å². The summed E-state index contributed by atoms with van der Waals surface area (Å²) < 4.78 is 1.09.